The fraction of sp³-hybridized carbons (Fsp3) is 0.690. The molecular weight excluding hydrogens is 410 g/mol. The lowest BCUT2D eigenvalue weighted by molar-refractivity contribution is -0.124. The van der Waals surface area contributed by atoms with E-state index < -0.39 is 0 Å². The van der Waals surface area contributed by atoms with Crippen molar-refractivity contribution in [3.05, 3.63) is 35.1 Å². The molecule has 0 saturated carbocycles. The highest BCUT2D eigenvalue weighted by Gasteiger charge is 2.26. The van der Waals surface area contributed by atoms with Crippen LogP contribution in [0, 0.1) is 5.92 Å². The molecule has 0 amide bonds. The molecule has 2 aliphatic rings. The summed E-state index contributed by atoms with van der Waals surface area (Å²) in [5.41, 5.74) is 2.75. The quantitative estimate of drug-likeness (QED) is 0.175. The van der Waals surface area contributed by atoms with Crippen molar-refractivity contribution in [2.75, 3.05) is 6.54 Å². The molecule has 33 heavy (non-hydrogen) atoms. The number of carbonyl (C=O) groups is 3. The molecule has 0 aromatic carbocycles. The number of rotatable bonds is 18. The van der Waals surface area contributed by atoms with Crippen LogP contribution in [0.4, 0.5) is 0 Å². The molecule has 0 unspecified atom stereocenters. The predicted molar refractivity (Wildman–Crippen MR) is 138 cm³/mol. The summed E-state index contributed by atoms with van der Waals surface area (Å²) in [7, 11) is 0. The van der Waals surface area contributed by atoms with E-state index >= 15 is 0 Å². The Morgan fingerprint density at radius 1 is 0.758 bits per heavy atom. The zero-order valence-corrected chi connectivity index (χ0v) is 21.6. The SMILES string of the molecule is CC(=O)CC(C)=O.CC(C)CCCCCCCCCCCCCCNC1=C2C=CC(=C1)C2=O. The molecule has 0 radical (unpaired) electrons. The molecule has 0 spiro atoms. The van der Waals surface area contributed by atoms with Crippen LogP contribution in [0.15, 0.2) is 35.1 Å². The van der Waals surface area contributed by atoms with Gasteiger partial charge < -0.3 is 5.32 Å². The van der Waals surface area contributed by atoms with E-state index in [0.29, 0.717) is 0 Å². The molecule has 2 bridgehead atoms. The van der Waals surface area contributed by atoms with Crippen LogP contribution in [0.5, 0.6) is 0 Å². The van der Waals surface area contributed by atoms with Gasteiger partial charge in [0.2, 0.25) is 0 Å². The maximum atomic E-state index is 11.7. The zero-order chi connectivity index (χ0) is 24.5. The number of nitrogens with one attached hydrogen (secondary N) is 1. The van der Waals surface area contributed by atoms with Crippen LogP contribution in [-0.2, 0) is 14.4 Å². The summed E-state index contributed by atoms with van der Waals surface area (Å²) in [6, 6.07) is 0. The normalized spacial score (nSPS) is 14.0. The van der Waals surface area contributed by atoms with Crippen LogP contribution >= 0.6 is 0 Å². The van der Waals surface area contributed by atoms with Crippen LogP contribution < -0.4 is 5.32 Å². The van der Waals surface area contributed by atoms with Gasteiger partial charge in [0.1, 0.15) is 11.6 Å². The summed E-state index contributed by atoms with van der Waals surface area (Å²) in [5.74, 6) is 0.947. The molecule has 0 heterocycles. The third-order valence-corrected chi connectivity index (χ3v) is 6.05. The fourth-order valence-electron chi connectivity index (χ4n) is 4.20. The van der Waals surface area contributed by atoms with Crippen molar-refractivity contribution < 1.29 is 14.4 Å². The molecule has 2 rings (SSSR count). The van der Waals surface area contributed by atoms with Crippen LogP contribution in [0.2, 0.25) is 0 Å². The number of allylic oxidation sites excluding steroid dienone is 5. The maximum Gasteiger partial charge on any atom is 0.195 e. The van der Waals surface area contributed by atoms with Gasteiger partial charge in [0, 0.05) is 23.4 Å². The van der Waals surface area contributed by atoms with E-state index in [-0.39, 0.29) is 23.8 Å². The van der Waals surface area contributed by atoms with E-state index in [4.69, 9.17) is 0 Å². The van der Waals surface area contributed by atoms with Gasteiger partial charge in [0.25, 0.3) is 0 Å². The zero-order valence-electron chi connectivity index (χ0n) is 21.6. The van der Waals surface area contributed by atoms with Gasteiger partial charge in [-0.25, -0.2) is 0 Å². The smallest absolute Gasteiger partial charge is 0.195 e. The van der Waals surface area contributed by atoms with Gasteiger partial charge in [-0.3, -0.25) is 14.4 Å². The molecule has 0 aliphatic heterocycles. The van der Waals surface area contributed by atoms with Crippen LogP contribution in [0.3, 0.4) is 0 Å². The monoisotopic (exact) mass is 457 g/mol. The highest BCUT2D eigenvalue weighted by Crippen LogP contribution is 2.28. The highest BCUT2D eigenvalue weighted by atomic mass is 16.1. The van der Waals surface area contributed by atoms with Gasteiger partial charge in [-0.05, 0) is 38.3 Å². The van der Waals surface area contributed by atoms with Crippen molar-refractivity contribution in [1.82, 2.24) is 5.32 Å². The minimum absolute atomic E-state index is 0.0625. The van der Waals surface area contributed by atoms with E-state index in [1.54, 1.807) is 0 Å². The van der Waals surface area contributed by atoms with Crippen LogP contribution in [-0.4, -0.2) is 23.9 Å². The van der Waals surface area contributed by atoms with Crippen molar-refractivity contribution in [2.45, 2.75) is 118 Å². The summed E-state index contributed by atoms with van der Waals surface area (Å²) in [5, 5.41) is 3.42. The second-order valence-corrected chi connectivity index (χ2v) is 10.0. The van der Waals surface area contributed by atoms with Gasteiger partial charge in [-0.2, -0.15) is 0 Å². The Bertz CT molecular complexity index is 700. The predicted octanol–water partition coefficient (Wildman–Crippen LogP) is 7.19. The Kier molecular flexibility index (Phi) is 15.4. The third kappa shape index (κ3) is 14.0. The van der Waals surface area contributed by atoms with Gasteiger partial charge >= 0.3 is 0 Å². The molecule has 4 nitrogen and oxygen atoms in total. The summed E-state index contributed by atoms with van der Waals surface area (Å²) in [6.07, 6.45) is 24.0. The number of unbranched alkanes of at least 4 members (excludes halogenated alkanes) is 11. The first-order valence-corrected chi connectivity index (χ1v) is 13.2. The summed E-state index contributed by atoms with van der Waals surface area (Å²) >= 11 is 0. The second-order valence-electron chi connectivity index (χ2n) is 10.0. The molecule has 1 N–H and O–H groups in total. The fourth-order valence-corrected chi connectivity index (χ4v) is 4.20. The van der Waals surface area contributed by atoms with Gasteiger partial charge in [-0.1, -0.05) is 97.0 Å². The Hall–Kier alpha value is -1.97. The van der Waals surface area contributed by atoms with Gasteiger partial charge in [-0.15, -0.1) is 0 Å². The van der Waals surface area contributed by atoms with E-state index in [2.05, 4.69) is 19.2 Å². The third-order valence-electron chi connectivity index (χ3n) is 6.05. The average Bonchev–Trinajstić information content (AvgIpc) is 3.24. The number of ketones is 3. The number of hydrogen-bond donors (Lipinski definition) is 1. The number of Topliss-reactive ketones (excluding diaryl/α,β-unsaturated/α-hetero) is 3. The Labute approximate surface area is 202 Å². The Balaban J connectivity index is 0.000000675. The lowest BCUT2D eigenvalue weighted by atomic mass is 10.0. The van der Waals surface area contributed by atoms with Crippen molar-refractivity contribution in [3.8, 4) is 0 Å². The second kappa shape index (κ2) is 17.5. The average molecular weight is 458 g/mol. The lowest BCUT2D eigenvalue weighted by Gasteiger charge is -2.07. The molecule has 0 atom stereocenters. The number of carbonyl (C=O) groups excluding carboxylic acids is 3. The van der Waals surface area contributed by atoms with Crippen molar-refractivity contribution in [3.63, 3.8) is 0 Å². The topological polar surface area (TPSA) is 63.2 Å². The minimum Gasteiger partial charge on any atom is -0.384 e. The lowest BCUT2D eigenvalue weighted by Crippen LogP contribution is -2.14. The number of hydrogen-bond acceptors (Lipinski definition) is 4. The van der Waals surface area contributed by atoms with Crippen molar-refractivity contribution in [2.24, 2.45) is 5.92 Å². The van der Waals surface area contributed by atoms with Crippen molar-refractivity contribution >= 4 is 17.3 Å². The van der Waals surface area contributed by atoms with Gasteiger partial charge in [0.15, 0.2) is 5.78 Å². The molecule has 4 heteroatoms. The van der Waals surface area contributed by atoms with Crippen LogP contribution in [0.25, 0.3) is 0 Å². The molecule has 0 aromatic heterocycles. The summed E-state index contributed by atoms with van der Waals surface area (Å²) in [6.45, 7) is 8.44. The van der Waals surface area contributed by atoms with Gasteiger partial charge in [0.05, 0.1) is 6.42 Å². The molecular formula is C29H47NO3. The first kappa shape index (κ1) is 29.1. The molecule has 2 aliphatic carbocycles. The van der Waals surface area contributed by atoms with E-state index in [1.807, 2.05) is 18.2 Å². The molecule has 0 saturated heterocycles. The van der Waals surface area contributed by atoms with E-state index in [9.17, 15) is 14.4 Å². The van der Waals surface area contributed by atoms with Crippen molar-refractivity contribution in [1.29, 1.82) is 0 Å². The Morgan fingerprint density at radius 2 is 1.24 bits per heavy atom. The highest BCUT2D eigenvalue weighted by molar-refractivity contribution is 6.18. The maximum absolute atomic E-state index is 11.7. The summed E-state index contributed by atoms with van der Waals surface area (Å²) in [4.78, 5) is 31.8. The molecule has 0 aromatic rings. The van der Waals surface area contributed by atoms with E-state index in [1.165, 1.54) is 97.3 Å². The largest absolute Gasteiger partial charge is 0.384 e. The Morgan fingerprint density at radius 3 is 1.61 bits per heavy atom. The molecule has 186 valence electrons. The standard InChI is InChI=1S/C24H39NO.C5H8O2/c1-20(2)15-13-11-9-7-5-3-4-6-8-10-12-14-18-25-23-19-21-16-17-22(23)24(21)26;1-4(6)3-5(2)7/h16-17,19-20,25H,3-15,18H2,1-2H3;3H2,1-2H3. The first-order valence-electron chi connectivity index (χ1n) is 13.2. The minimum atomic E-state index is -0.0625. The first-order chi connectivity index (χ1) is 15.8. The number of fused-ring (bicyclic) bond motifs is 2. The summed E-state index contributed by atoms with van der Waals surface area (Å²) < 4.78 is 0. The van der Waals surface area contributed by atoms with Crippen LogP contribution in [0.1, 0.15) is 118 Å². The molecule has 0 fully saturated rings. The van der Waals surface area contributed by atoms with E-state index in [0.717, 1.165) is 29.3 Å².